The van der Waals surface area contributed by atoms with Crippen molar-refractivity contribution in [1.82, 2.24) is 0 Å². The van der Waals surface area contributed by atoms with Gasteiger partial charge < -0.3 is 9.84 Å². The van der Waals surface area contributed by atoms with Crippen LogP contribution < -0.4 is 0 Å². The molecule has 4 heteroatoms. The molecule has 0 bridgehead atoms. The van der Waals surface area contributed by atoms with Gasteiger partial charge in [0.1, 0.15) is 0 Å². The third-order valence-corrected chi connectivity index (χ3v) is 3.22. The molecule has 0 radical (unpaired) electrons. The van der Waals surface area contributed by atoms with Gasteiger partial charge in [0.05, 0.1) is 5.57 Å². The van der Waals surface area contributed by atoms with Gasteiger partial charge in [0.25, 0.3) is 0 Å². The molecule has 19 heavy (non-hydrogen) atoms. The van der Waals surface area contributed by atoms with Crippen LogP contribution >= 0.6 is 0 Å². The zero-order valence-electron chi connectivity index (χ0n) is 11.1. The van der Waals surface area contributed by atoms with Crippen molar-refractivity contribution in [2.24, 2.45) is 0 Å². The normalized spacial score (nSPS) is 18.9. The minimum absolute atomic E-state index is 0.0299. The molecule has 100 valence electrons. The fraction of sp³-hybridized carbons (Fsp3) is 0.333. The summed E-state index contributed by atoms with van der Waals surface area (Å²) in [5, 5.41) is 9.59. The number of cyclic esters (lactones) is 1. The third-order valence-electron chi connectivity index (χ3n) is 3.22. The Labute approximate surface area is 111 Å². The second-order valence-electron chi connectivity index (χ2n) is 4.93. The van der Waals surface area contributed by atoms with Crippen LogP contribution in [0.15, 0.2) is 35.6 Å². The summed E-state index contributed by atoms with van der Waals surface area (Å²) in [6.07, 6.45) is -0.800. The average molecular weight is 260 g/mol. The first kappa shape index (κ1) is 13.3. The molecule has 1 aromatic carbocycles. The first-order valence-corrected chi connectivity index (χ1v) is 6.16. The summed E-state index contributed by atoms with van der Waals surface area (Å²) < 4.78 is 5.05. The molecule has 0 saturated carbocycles. The van der Waals surface area contributed by atoms with Crippen LogP contribution in [0.4, 0.5) is 0 Å². The maximum Gasteiger partial charge on any atom is 0.374 e. The number of hydrogen-bond donors (Lipinski definition) is 1. The molecule has 1 N–H and O–H groups in total. The average Bonchev–Trinajstić information content (AvgIpc) is 2.66. The molecule has 1 atom stereocenters. The number of carbonyl (C=O) groups excluding carboxylic acids is 2. The van der Waals surface area contributed by atoms with E-state index in [1.54, 1.807) is 0 Å². The quantitative estimate of drug-likeness (QED) is 0.849. The lowest BCUT2D eigenvalue weighted by molar-refractivity contribution is -0.142. The number of ketones is 1. The Kier molecular flexibility index (Phi) is 3.42. The number of aliphatic hydroxyl groups is 1. The van der Waals surface area contributed by atoms with Crippen molar-refractivity contribution in [2.45, 2.75) is 32.8 Å². The van der Waals surface area contributed by atoms with Crippen LogP contribution in [-0.4, -0.2) is 16.9 Å². The molecule has 2 rings (SSSR count). The van der Waals surface area contributed by atoms with E-state index in [2.05, 4.69) is 13.8 Å². The Morgan fingerprint density at radius 3 is 2.32 bits per heavy atom. The Morgan fingerprint density at radius 1 is 1.26 bits per heavy atom. The number of ether oxygens (including phenoxy) is 1. The van der Waals surface area contributed by atoms with Crippen LogP contribution in [0.2, 0.25) is 0 Å². The lowest BCUT2D eigenvalue weighted by Crippen LogP contribution is -2.08. The van der Waals surface area contributed by atoms with Gasteiger partial charge in [-0.25, -0.2) is 4.79 Å². The van der Waals surface area contributed by atoms with Gasteiger partial charge in [-0.05, 0) is 24.0 Å². The van der Waals surface area contributed by atoms with Crippen LogP contribution in [0, 0.1) is 0 Å². The van der Waals surface area contributed by atoms with Gasteiger partial charge >= 0.3 is 5.97 Å². The van der Waals surface area contributed by atoms with Crippen molar-refractivity contribution in [3.8, 4) is 0 Å². The largest absolute Gasteiger partial charge is 0.501 e. The second-order valence-corrected chi connectivity index (χ2v) is 4.93. The number of rotatable bonds is 3. The summed E-state index contributed by atoms with van der Waals surface area (Å²) >= 11 is 0. The van der Waals surface area contributed by atoms with E-state index < -0.39 is 17.8 Å². The lowest BCUT2D eigenvalue weighted by atomic mass is 9.96. The predicted octanol–water partition coefficient (Wildman–Crippen LogP) is 2.81. The van der Waals surface area contributed by atoms with E-state index in [1.165, 1.54) is 6.92 Å². The molecule has 1 aromatic rings. The molecule has 4 nitrogen and oxygen atoms in total. The standard InChI is InChI=1S/C15H16O4/c1-8(2)10-4-6-11(7-5-10)14-12(9(3)16)13(17)15(18)19-14/h4-8,14,17H,1-3H3/t14-/m1/s1. The minimum atomic E-state index is -0.844. The van der Waals surface area contributed by atoms with Crippen LogP contribution in [0.25, 0.3) is 0 Å². The molecular formula is C15H16O4. The Bertz CT molecular complexity index is 552. The number of benzene rings is 1. The summed E-state index contributed by atoms with van der Waals surface area (Å²) in [5.74, 6) is -1.38. The number of carbonyl (C=O) groups is 2. The van der Waals surface area contributed by atoms with Gasteiger partial charge in [0, 0.05) is 0 Å². The maximum absolute atomic E-state index is 11.5. The number of aliphatic hydroxyl groups excluding tert-OH is 1. The van der Waals surface area contributed by atoms with E-state index in [-0.39, 0.29) is 11.4 Å². The van der Waals surface area contributed by atoms with Gasteiger partial charge in [-0.1, -0.05) is 38.1 Å². The molecule has 1 aliphatic heterocycles. The van der Waals surface area contributed by atoms with E-state index in [9.17, 15) is 14.7 Å². The van der Waals surface area contributed by atoms with Crippen molar-refractivity contribution in [1.29, 1.82) is 0 Å². The van der Waals surface area contributed by atoms with Gasteiger partial charge in [-0.15, -0.1) is 0 Å². The molecule has 0 amide bonds. The van der Waals surface area contributed by atoms with Gasteiger partial charge in [-0.3, -0.25) is 4.79 Å². The Balaban J connectivity index is 2.37. The van der Waals surface area contributed by atoms with E-state index in [0.717, 1.165) is 5.56 Å². The van der Waals surface area contributed by atoms with Crippen LogP contribution in [0.5, 0.6) is 0 Å². The second kappa shape index (κ2) is 4.88. The van der Waals surface area contributed by atoms with Crippen molar-refractivity contribution in [2.75, 3.05) is 0 Å². The van der Waals surface area contributed by atoms with Crippen LogP contribution in [-0.2, 0) is 14.3 Å². The van der Waals surface area contributed by atoms with Gasteiger partial charge in [0.2, 0.25) is 5.76 Å². The van der Waals surface area contributed by atoms with Crippen molar-refractivity contribution in [3.63, 3.8) is 0 Å². The van der Waals surface area contributed by atoms with Crippen LogP contribution in [0.3, 0.4) is 0 Å². The van der Waals surface area contributed by atoms with Crippen molar-refractivity contribution in [3.05, 3.63) is 46.7 Å². The smallest absolute Gasteiger partial charge is 0.374 e. The third kappa shape index (κ3) is 2.38. The maximum atomic E-state index is 11.5. The highest BCUT2D eigenvalue weighted by Gasteiger charge is 2.37. The molecule has 0 aromatic heterocycles. The van der Waals surface area contributed by atoms with E-state index in [0.29, 0.717) is 11.5 Å². The molecule has 1 aliphatic rings. The first-order valence-electron chi connectivity index (χ1n) is 6.16. The fourth-order valence-electron chi connectivity index (χ4n) is 2.10. The molecule has 0 unspecified atom stereocenters. The number of esters is 1. The summed E-state index contributed by atoms with van der Waals surface area (Å²) in [6, 6.07) is 7.49. The topological polar surface area (TPSA) is 63.6 Å². The summed E-state index contributed by atoms with van der Waals surface area (Å²) in [4.78, 5) is 22.9. The molecule has 0 saturated heterocycles. The fourth-order valence-corrected chi connectivity index (χ4v) is 2.10. The Morgan fingerprint density at radius 2 is 1.84 bits per heavy atom. The minimum Gasteiger partial charge on any atom is -0.501 e. The molecular weight excluding hydrogens is 244 g/mol. The highest BCUT2D eigenvalue weighted by molar-refractivity contribution is 6.05. The van der Waals surface area contributed by atoms with Crippen LogP contribution in [0.1, 0.15) is 43.9 Å². The van der Waals surface area contributed by atoms with Crippen molar-refractivity contribution >= 4 is 11.8 Å². The predicted molar refractivity (Wildman–Crippen MR) is 69.7 cm³/mol. The lowest BCUT2D eigenvalue weighted by Gasteiger charge is -2.13. The van der Waals surface area contributed by atoms with E-state index in [4.69, 9.17) is 4.74 Å². The number of hydrogen-bond acceptors (Lipinski definition) is 4. The van der Waals surface area contributed by atoms with E-state index >= 15 is 0 Å². The summed E-state index contributed by atoms with van der Waals surface area (Å²) in [5.41, 5.74) is 1.87. The zero-order chi connectivity index (χ0) is 14.2. The first-order chi connectivity index (χ1) is 8.91. The SMILES string of the molecule is CC(=O)C1=C(O)C(=O)O[C@@H]1c1ccc(C(C)C)cc1. The summed E-state index contributed by atoms with van der Waals surface area (Å²) in [6.45, 7) is 5.47. The number of Topliss-reactive ketones (excluding diaryl/α,β-unsaturated/α-hetero) is 1. The summed E-state index contributed by atoms with van der Waals surface area (Å²) in [7, 11) is 0. The molecule has 0 fully saturated rings. The molecule has 0 aliphatic carbocycles. The van der Waals surface area contributed by atoms with E-state index in [1.807, 2.05) is 24.3 Å². The molecule has 1 heterocycles. The zero-order valence-corrected chi connectivity index (χ0v) is 11.1. The monoisotopic (exact) mass is 260 g/mol. The van der Waals surface area contributed by atoms with Crippen molar-refractivity contribution < 1.29 is 19.4 Å². The highest BCUT2D eigenvalue weighted by Crippen LogP contribution is 2.35. The Hall–Kier alpha value is -2.10. The van der Waals surface area contributed by atoms with Gasteiger partial charge in [-0.2, -0.15) is 0 Å². The van der Waals surface area contributed by atoms with Gasteiger partial charge in [0.15, 0.2) is 11.9 Å². The highest BCUT2D eigenvalue weighted by atomic mass is 16.6. The molecule has 0 spiro atoms.